The van der Waals surface area contributed by atoms with E-state index in [1.165, 1.54) is 29.5 Å². The van der Waals surface area contributed by atoms with Gasteiger partial charge in [-0.1, -0.05) is 18.2 Å². The average molecular weight is 188 g/mol. The average Bonchev–Trinajstić information content (AvgIpc) is 2.23. The first-order chi connectivity index (χ1) is 6.77. The van der Waals surface area contributed by atoms with Crippen LogP contribution in [-0.4, -0.2) is 13.1 Å². The van der Waals surface area contributed by atoms with Crippen LogP contribution < -0.4 is 5.32 Å². The van der Waals surface area contributed by atoms with Gasteiger partial charge < -0.3 is 0 Å². The maximum absolute atomic E-state index is 4.39. The van der Waals surface area contributed by atoms with Gasteiger partial charge in [0.05, 0.1) is 0 Å². The summed E-state index contributed by atoms with van der Waals surface area (Å²) in [6.07, 6.45) is 2.48. The lowest BCUT2D eigenvalue weighted by Gasteiger charge is -2.22. The molecule has 0 aromatic heterocycles. The first-order valence-corrected chi connectivity index (χ1v) is 5.48. The Morgan fingerprint density at radius 1 is 1.07 bits per heavy atom. The number of aryl methyl sites for hydroxylation is 2. The van der Waals surface area contributed by atoms with E-state index in [1.807, 2.05) is 0 Å². The molecular weight excluding hydrogens is 170 g/mol. The van der Waals surface area contributed by atoms with Crippen molar-refractivity contribution in [2.24, 2.45) is 0 Å². The van der Waals surface area contributed by atoms with Gasteiger partial charge in [-0.2, -0.15) is 0 Å². The van der Waals surface area contributed by atoms with Crippen molar-refractivity contribution in [3.05, 3.63) is 34.9 Å². The van der Waals surface area contributed by atoms with Crippen LogP contribution in [0, 0.1) is 13.8 Å². The number of hydrogen-bond acceptors (Lipinski definition) is 0. The number of nitrogens with zero attached hydrogens (tertiary/aromatic N) is 1. The number of hydrogen-bond donors (Lipinski definition) is 0. The third kappa shape index (κ3) is 1.98. The summed E-state index contributed by atoms with van der Waals surface area (Å²) in [4.78, 5) is 0. The Balaban J connectivity index is 2.18. The zero-order valence-electron chi connectivity index (χ0n) is 9.09. The molecule has 1 saturated heterocycles. The molecule has 1 heteroatoms. The fourth-order valence-corrected chi connectivity index (χ4v) is 2.10. The van der Waals surface area contributed by atoms with Gasteiger partial charge in [0.1, 0.15) is 0 Å². The minimum absolute atomic E-state index is 0.756. The van der Waals surface area contributed by atoms with Gasteiger partial charge in [-0.15, -0.1) is 0 Å². The Morgan fingerprint density at radius 3 is 2.43 bits per heavy atom. The van der Waals surface area contributed by atoms with Gasteiger partial charge in [0.2, 0.25) is 0 Å². The summed E-state index contributed by atoms with van der Waals surface area (Å²) in [5, 5.41) is 4.39. The highest BCUT2D eigenvalue weighted by molar-refractivity contribution is 5.32. The third-order valence-corrected chi connectivity index (χ3v) is 3.27. The second kappa shape index (κ2) is 4.14. The summed E-state index contributed by atoms with van der Waals surface area (Å²) in [5.41, 5.74) is 4.34. The number of benzene rings is 1. The van der Waals surface area contributed by atoms with Gasteiger partial charge in [0, 0.05) is 13.1 Å². The summed E-state index contributed by atoms with van der Waals surface area (Å²) in [6, 6.07) is 6.89. The van der Waals surface area contributed by atoms with E-state index >= 15 is 0 Å². The molecule has 1 nitrogen and oxygen atoms in total. The molecule has 2 rings (SSSR count). The van der Waals surface area contributed by atoms with Crippen LogP contribution in [0.5, 0.6) is 0 Å². The van der Waals surface area contributed by atoms with Crippen molar-refractivity contribution < 1.29 is 0 Å². The van der Waals surface area contributed by atoms with E-state index in [4.69, 9.17) is 0 Å². The zero-order valence-corrected chi connectivity index (χ0v) is 9.09. The SMILES string of the molecule is Cc1ccc(C2CC[N]CC2)cc1C. The van der Waals surface area contributed by atoms with Crippen molar-refractivity contribution in [1.29, 1.82) is 0 Å². The highest BCUT2D eigenvalue weighted by Crippen LogP contribution is 2.26. The number of rotatable bonds is 1. The molecule has 1 fully saturated rings. The van der Waals surface area contributed by atoms with Crippen LogP contribution in [0.1, 0.15) is 35.4 Å². The van der Waals surface area contributed by atoms with E-state index in [-0.39, 0.29) is 0 Å². The highest BCUT2D eigenvalue weighted by Gasteiger charge is 2.15. The summed E-state index contributed by atoms with van der Waals surface area (Å²) >= 11 is 0. The molecule has 0 saturated carbocycles. The smallest absolute Gasteiger partial charge is 0.0139 e. The highest BCUT2D eigenvalue weighted by atomic mass is 14.9. The Kier molecular flexibility index (Phi) is 2.87. The molecule has 0 unspecified atom stereocenters. The van der Waals surface area contributed by atoms with Crippen LogP contribution in [-0.2, 0) is 0 Å². The first-order valence-electron chi connectivity index (χ1n) is 5.48. The largest absolute Gasteiger partial charge is 0.242 e. The Morgan fingerprint density at radius 2 is 1.79 bits per heavy atom. The monoisotopic (exact) mass is 188 g/mol. The van der Waals surface area contributed by atoms with Crippen molar-refractivity contribution in [3.8, 4) is 0 Å². The van der Waals surface area contributed by atoms with Gasteiger partial charge >= 0.3 is 0 Å². The molecule has 0 bridgehead atoms. The summed E-state index contributed by atoms with van der Waals surface area (Å²) in [7, 11) is 0. The molecule has 0 amide bonds. The minimum Gasteiger partial charge on any atom is -0.242 e. The first kappa shape index (κ1) is 9.72. The maximum Gasteiger partial charge on any atom is 0.0139 e. The predicted octanol–water partition coefficient (Wildman–Crippen LogP) is 2.79. The topological polar surface area (TPSA) is 14.1 Å². The predicted molar refractivity (Wildman–Crippen MR) is 59.8 cm³/mol. The standard InChI is InChI=1S/C13H18N/c1-10-3-4-13(9-11(10)2)12-5-7-14-8-6-12/h3-4,9,12H,5-8H2,1-2H3. The summed E-state index contributed by atoms with van der Waals surface area (Å²) < 4.78 is 0. The molecule has 1 aliphatic heterocycles. The summed E-state index contributed by atoms with van der Waals surface area (Å²) in [6.45, 7) is 6.48. The Hall–Kier alpha value is -0.820. The van der Waals surface area contributed by atoms with Crippen molar-refractivity contribution >= 4 is 0 Å². The van der Waals surface area contributed by atoms with Crippen LogP contribution >= 0.6 is 0 Å². The van der Waals surface area contributed by atoms with Gasteiger partial charge in [0.15, 0.2) is 0 Å². The third-order valence-electron chi connectivity index (χ3n) is 3.27. The molecular formula is C13H18N. The van der Waals surface area contributed by atoms with E-state index in [0.717, 1.165) is 19.0 Å². The van der Waals surface area contributed by atoms with Crippen molar-refractivity contribution in [2.45, 2.75) is 32.6 Å². The summed E-state index contributed by atoms with van der Waals surface area (Å²) in [5.74, 6) is 0.756. The molecule has 14 heavy (non-hydrogen) atoms. The van der Waals surface area contributed by atoms with Crippen molar-refractivity contribution in [2.75, 3.05) is 13.1 Å². The van der Waals surface area contributed by atoms with Crippen LogP contribution in [0.3, 0.4) is 0 Å². The van der Waals surface area contributed by atoms with Gasteiger partial charge in [0.25, 0.3) is 0 Å². The van der Waals surface area contributed by atoms with E-state index in [2.05, 4.69) is 37.4 Å². The molecule has 75 valence electrons. The van der Waals surface area contributed by atoms with Crippen LogP contribution in [0.2, 0.25) is 0 Å². The Labute approximate surface area is 86.5 Å². The van der Waals surface area contributed by atoms with Crippen LogP contribution in [0.25, 0.3) is 0 Å². The molecule has 0 atom stereocenters. The van der Waals surface area contributed by atoms with Gasteiger partial charge in [-0.3, -0.25) is 0 Å². The fraction of sp³-hybridized carbons (Fsp3) is 0.538. The lowest BCUT2D eigenvalue weighted by atomic mass is 9.89. The molecule has 1 aliphatic rings. The lowest BCUT2D eigenvalue weighted by Crippen LogP contribution is -2.21. The van der Waals surface area contributed by atoms with Crippen molar-refractivity contribution in [1.82, 2.24) is 5.32 Å². The molecule has 1 heterocycles. The van der Waals surface area contributed by atoms with Gasteiger partial charge in [-0.25, -0.2) is 5.32 Å². The lowest BCUT2D eigenvalue weighted by molar-refractivity contribution is 0.453. The van der Waals surface area contributed by atoms with Crippen molar-refractivity contribution in [3.63, 3.8) is 0 Å². The minimum atomic E-state index is 0.756. The molecule has 1 aromatic rings. The quantitative estimate of drug-likeness (QED) is 0.643. The van der Waals surface area contributed by atoms with Gasteiger partial charge in [-0.05, 0) is 49.3 Å². The molecule has 0 N–H and O–H groups in total. The fourth-order valence-electron chi connectivity index (χ4n) is 2.10. The Bertz CT molecular complexity index is 311. The molecule has 0 aliphatic carbocycles. The second-order valence-electron chi connectivity index (χ2n) is 4.29. The maximum atomic E-state index is 4.39. The molecule has 1 radical (unpaired) electrons. The van der Waals surface area contributed by atoms with E-state index in [1.54, 1.807) is 0 Å². The normalized spacial score (nSPS) is 18.4. The van der Waals surface area contributed by atoms with Crippen LogP contribution in [0.4, 0.5) is 0 Å². The van der Waals surface area contributed by atoms with E-state index in [9.17, 15) is 0 Å². The molecule has 0 spiro atoms. The van der Waals surface area contributed by atoms with Crippen LogP contribution in [0.15, 0.2) is 18.2 Å². The molecule has 1 aromatic carbocycles. The zero-order chi connectivity index (χ0) is 9.97. The van der Waals surface area contributed by atoms with E-state index < -0.39 is 0 Å². The number of piperidine rings is 1. The second-order valence-corrected chi connectivity index (χ2v) is 4.29. The van der Waals surface area contributed by atoms with E-state index in [0.29, 0.717) is 0 Å².